The summed E-state index contributed by atoms with van der Waals surface area (Å²) < 4.78 is 0. The lowest BCUT2D eigenvalue weighted by atomic mass is 9.44. The monoisotopic (exact) mass is 374 g/mol. The highest BCUT2D eigenvalue weighted by atomic mass is 16.4. The van der Waals surface area contributed by atoms with Gasteiger partial charge < -0.3 is 10.2 Å². The maximum absolute atomic E-state index is 12.3. The second-order valence-electron chi connectivity index (χ2n) is 10.2. The zero-order valence-corrected chi connectivity index (χ0v) is 16.7. The number of aliphatic carboxylic acids is 2. The van der Waals surface area contributed by atoms with Crippen molar-refractivity contribution in [3.8, 4) is 0 Å². The van der Waals surface area contributed by atoms with E-state index in [1.165, 1.54) is 18.4 Å². The minimum atomic E-state index is -0.707. The van der Waals surface area contributed by atoms with Crippen LogP contribution in [0.4, 0.5) is 0 Å². The van der Waals surface area contributed by atoms with E-state index in [1.54, 1.807) is 0 Å². The first-order valence-electron chi connectivity index (χ1n) is 10.9. The minimum absolute atomic E-state index is 0.122. The van der Waals surface area contributed by atoms with Crippen molar-refractivity contribution in [2.75, 3.05) is 0 Å². The number of carboxylic acid groups (broad SMARTS) is 2. The second kappa shape index (κ2) is 6.63. The summed E-state index contributed by atoms with van der Waals surface area (Å²) in [5.41, 5.74) is 1.73. The molecule has 3 saturated carbocycles. The number of hydrogen-bond acceptors (Lipinski definition) is 2. The maximum Gasteiger partial charge on any atom is 0.307 e. The molecule has 0 amide bonds. The van der Waals surface area contributed by atoms with Crippen molar-refractivity contribution in [2.24, 2.45) is 40.4 Å². The van der Waals surface area contributed by atoms with E-state index < -0.39 is 11.9 Å². The van der Waals surface area contributed by atoms with Gasteiger partial charge in [0.05, 0.1) is 5.92 Å². The average molecular weight is 375 g/mol. The van der Waals surface area contributed by atoms with Crippen LogP contribution in [0.3, 0.4) is 0 Å². The molecule has 4 nitrogen and oxygen atoms in total. The molecule has 0 aromatic carbocycles. The molecule has 4 aliphatic rings. The molecular weight excluding hydrogens is 340 g/mol. The number of hydrogen-bond donors (Lipinski definition) is 2. The standard InChI is InChI=1S/C23H34O4/c1-22-11-4-3-5-15(22)13-16(21(26)27)20-17-8-6-14(7-9-19(24)25)23(17,2)12-10-18(20)22/h5,14,16-18,20H,3-4,6-13H2,1-2H3,(H,24,25)(H,26,27)/t14-,16?,17-,18-,20-,22-,23+/m0/s1. The molecule has 7 atom stereocenters. The van der Waals surface area contributed by atoms with Gasteiger partial charge in [0, 0.05) is 6.42 Å². The third-order valence-electron chi connectivity index (χ3n) is 9.30. The Bertz CT molecular complexity index is 667. The summed E-state index contributed by atoms with van der Waals surface area (Å²) in [7, 11) is 0. The Labute approximate surface area is 162 Å². The summed E-state index contributed by atoms with van der Waals surface area (Å²) in [5, 5.41) is 19.2. The van der Waals surface area contributed by atoms with Gasteiger partial charge in [0.25, 0.3) is 0 Å². The molecule has 0 radical (unpaired) electrons. The van der Waals surface area contributed by atoms with Gasteiger partial charge in [-0.15, -0.1) is 0 Å². The van der Waals surface area contributed by atoms with Gasteiger partial charge in [0.15, 0.2) is 0 Å². The lowest BCUT2D eigenvalue weighted by Gasteiger charge is -2.60. The lowest BCUT2D eigenvalue weighted by Crippen LogP contribution is -2.54. The van der Waals surface area contributed by atoms with Gasteiger partial charge in [0.2, 0.25) is 0 Å². The Balaban J connectivity index is 1.67. The molecule has 0 aliphatic heterocycles. The molecule has 0 heterocycles. The molecule has 0 bridgehead atoms. The van der Waals surface area contributed by atoms with Crippen LogP contribution in [0.5, 0.6) is 0 Å². The smallest absolute Gasteiger partial charge is 0.307 e. The third-order valence-corrected chi connectivity index (χ3v) is 9.30. The molecule has 0 spiro atoms. The molecule has 4 heteroatoms. The summed E-state index contributed by atoms with van der Waals surface area (Å²) in [5.74, 6) is 0.0430. The first kappa shape index (κ1) is 19.0. The van der Waals surface area contributed by atoms with Crippen LogP contribution >= 0.6 is 0 Å². The van der Waals surface area contributed by atoms with Gasteiger partial charge >= 0.3 is 11.9 Å². The Morgan fingerprint density at radius 2 is 1.89 bits per heavy atom. The molecular formula is C23H34O4. The van der Waals surface area contributed by atoms with E-state index in [9.17, 15) is 14.7 Å². The third kappa shape index (κ3) is 2.86. The molecule has 2 N–H and O–H groups in total. The van der Waals surface area contributed by atoms with Crippen molar-refractivity contribution in [1.82, 2.24) is 0 Å². The molecule has 0 aromatic heterocycles. The fraction of sp³-hybridized carbons (Fsp3) is 0.826. The second-order valence-corrected chi connectivity index (χ2v) is 10.2. The zero-order chi connectivity index (χ0) is 19.4. The van der Waals surface area contributed by atoms with Crippen LogP contribution in [0.15, 0.2) is 11.6 Å². The van der Waals surface area contributed by atoms with Gasteiger partial charge in [-0.1, -0.05) is 25.5 Å². The minimum Gasteiger partial charge on any atom is -0.481 e. The summed E-state index contributed by atoms with van der Waals surface area (Å²) >= 11 is 0. The summed E-state index contributed by atoms with van der Waals surface area (Å²) in [6.07, 6.45) is 12.0. The topological polar surface area (TPSA) is 74.6 Å². The van der Waals surface area contributed by atoms with Gasteiger partial charge in [-0.3, -0.25) is 9.59 Å². The number of allylic oxidation sites excluding steroid dienone is 2. The van der Waals surface area contributed by atoms with Crippen molar-refractivity contribution < 1.29 is 19.8 Å². The van der Waals surface area contributed by atoms with E-state index >= 15 is 0 Å². The Kier molecular flexibility index (Phi) is 4.67. The van der Waals surface area contributed by atoms with E-state index in [0.717, 1.165) is 44.9 Å². The maximum atomic E-state index is 12.3. The highest BCUT2D eigenvalue weighted by Crippen LogP contribution is 2.68. The molecule has 0 saturated heterocycles. The van der Waals surface area contributed by atoms with Gasteiger partial charge in [-0.25, -0.2) is 0 Å². The predicted molar refractivity (Wildman–Crippen MR) is 103 cm³/mol. The molecule has 1 unspecified atom stereocenters. The lowest BCUT2D eigenvalue weighted by molar-refractivity contribution is -0.154. The first-order chi connectivity index (χ1) is 12.8. The van der Waals surface area contributed by atoms with E-state index in [1.807, 2.05) is 0 Å². The highest BCUT2D eigenvalue weighted by Gasteiger charge is 2.61. The summed E-state index contributed by atoms with van der Waals surface area (Å²) in [6.45, 7) is 4.76. The summed E-state index contributed by atoms with van der Waals surface area (Å²) in [4.78, 5) is 23.4. The number of carbonyl (C=O) groups is 2. The highest BCUT2D eigenvalue weighted by molar-refractivity contribution is 5.71. The zero-order valence-electron chi connectivity index (χ0n) is 16.7. The van der Waals surface area contributed by atoms with E-state index in [-0.39, 0.29) is 29.1 Å². The molecule has 4 rings (SSSR count). The Hall–Kier alpha value is -1.32. The fourth-order valence-electron chi connectivity index (χ4n) is 7.88. The average Bonchev–Trinajstić information content (AvgIpc) is 2.95. The summed E-state index contributed by atoms with van der Waals surface area (Å²) in [6, 6.07) is 0. The van der Waals surface area contributed by atoms with Gasteiger partial charge in [-0.2, -0.15) is 0 Å². The quantitative estimate of drug-likeness (QED) is 0.669. The van der Waals surface area contributed by atoms with Crippen molar-refractivity contribution >= 4 is 11.9 Å². The molecule has 3 fully saturated rings. The molecule has 0 aromatic rings. The number of rotatable bonds is 4. The predicted octanol–water partition coefficient (Wildman–Crippen LogP) is 5.13. The van der Waals surface area contributed by atoms with Crippen LogP contribution in [0.25, 0.3) is 0 Å². The Morgan fingerprint density at radius 1 is 1.11 bits per heavy atom. The number of fused-ring (bicyclic) bond motifs is 5. The van der Waals surface area contributed by atoms with Crippen LogP contribution < -0.4 is 0 Å². The van der Waals surface area contributed by atoms with Crippen LogP contribution in [-0.4, -0.2) is 22.2 Å². The van der Waals surface area contributed by atoms with E-state index in [4.69, 9.17) is 5.11 Å². The number of carboxylic acids is 2. The van der Waals surface area contributed by atoms with Crippen molar-refractivity contribution in [1.29, 1.82) is 0 Å². The van der Waals surface area contributed by atoms with E-state index in [0.29, 0.717) is 17.8 Å². The first-order valence-corrected chi connectivity index (χ1v) is 10.9. The van der Waals surface area contributed by atoms with Crippen molar-refractivity contribution in [3.63, 3.8) is 0 Å². The fourth-order valence-corrected chi connectivity index (χ4v) is 7.88. The largest absolute Gasteiger partial charge is 0.481 e. The van der Waals surface area contributed by atoms with Crippen LogP contribution in [-0.2, 0) is 9.59 Å². The van der Waals surface area contributed by atoms with Gasteiger partial charge in [0.1, 0.15) is 0 Å². The van der Waals surface area contributed by atoms with Crippen molar-refractivity contribution in [2.45, 2.75) is 78.1 Å². The molecule has 150 valence electrons. The SMILES string of the molecule is C[C@]12CC[C@H]3[C@@H](C(C(=O)O)CC4=CCCC[C@@]43C)[C@@H]1CC[C@H]2CCC(=O)O. The van der Waals surface area contributed by atoms with Gasteiger partial charge in [-0.05, 0) is 92.3 Å². The normalized spacial score (nSPS) is 46.0. The van der Waals surface area contributed by atoms with Crippen LogP contribution in [0, 0.1) is 40.4 Å². The van der Waals surface area contributed by atoms with Crippen molar-refractivity contribution in [3.05, 3.63) is 11.6 Å². The van der Waals surface area contributed by atoms with Crippen LogP contribution in [0.1, 0.15) is 78.1 Å². The van der Waals surface area contributed by atoms with E-state index in [2.05, 4.69) is 19.9 Å². The van der Waals surface area contributed by atoms with Crippen LogP contribution in [0.2, 0.25) is 0 Å². The molecule has 4 aliphatic carbocycles. The Morgan fingerprint density at radius 3 is 2.59 bits per heavy atom. The molecule has 27 heavy (non-hydrogen) atoms.